The predicted octanol–water partition coefficient (Wildman–Crippen LogP) is 4.85. The number of aromatic nitrogens is 3. The molecule has 0 aliphatic carbocycles. The molecule has 7 nitrogen and oxygen atoms in total. The number of ether oxygens (including phenoxy) is 1. The van der Waals surface area contributed by atoms with Gasteiger partial charge in [-0.2, -0.15) is 10.2 Å². The van der Waals surface area contributed by atoms with E-state index in [-0.39, 0.29) is 5.78 Å². The lowest BCUT2D eigenvalue weighted by Gasteiger charge is -2.15. The molecule has 0 aliphatic rings. The van der Waals surface area contributed by atoms with Gasteiger partial charge in [0.15, 0.2) is 5.78 Å². The Morgan fingerprint density at radius 1 is 1.09 bits per heavy atom. The summed E-state index contributed by atoms with van der Waals surface area (Å²) in [6.07, 6.45) is 5.44. The molecular weight excluding hydrogens is 430 g/mol. The third-order valence-corrected chi connectivity index (χ3v) is 7.01. The minimum Gasteiger partial charge on any atom is -0.399 e. The molecule has 0 saturated carbocycles. The van der Waals surface area contributed by atoms with Crippen LogP contribution in [0.1, 0.15) is 21.6 Å². The minimum absolute atomic E-state index is 0.0841. The van der Waals surface area contributed by atoms with Crippen LogP contribution in [0, 0.1) is 0 Å². The van der Waals surface area contributed by atoms with E-state index in [0.717, 1.165) is 22.6 Å². The Bertz CT molecular complexity index is 1290. The molecule has 0 atom stereocenters. The molecule has 0 bridgehead atoms. The zero-order valence-electron chi connectivity index (χ0n) is 19.2. The van der Waals surface area contributed by atoms with Crippen LogP contribution in [0.25, 0.3) is 10.9 Å². The summed E-state index contributed by atoms with van der Waals surface area (Å²) in [5.41, 5.74) is 9.10. The first-order chi connectivity index (χ1) is 15.8. The summed E-state index contributed by atoms with van der Waals surface area (Å²) in [6.45, 7) is 7.97. The molecule has 4 rings (SSSR count). The van der Waals surface area contributed by atoms with Crippen LogP contribution in [0.3, 0.4) is 0 Å². The molecule has 2 aromatic carbocycles. The maximum Gasteiger partial charge on any atom is 0.193 e. The van der Waals surface area contributed by atoms with Gasteiger partial charge in [-0.1, -0.05) is 37.8 Å². The van der Waals surface area contributed by atoms with E-state index in [9.17, 15) is 4.79 Å². The zero-order valence-corrected chi connectivity index (χ0v) is 20.2. The van der Waals surface area contributed by atoms with Crippen molar-refractivity contribution in [3.8, 4) is 0 Å². The first kappa shape index (κ1) is 22.7. The molecule has 2 aromatic heterocycles. The highest BCUT2D eigenvalue weighted by atomic mass is 28.3. The molecule has 0 spiro atoms. The van der Waals surface area contributed by atoms with Crippen LogP contribution in [-0.4, -0.2) is 41.1 Å². The SMILES string of the molecule is C[Si](C)(C)CCOCn1nc(C=Nn2cccc2)c2ccc(C(=O)c3cccc(N)c3)cc21. The van der Waals surface area contributed by atoms with Crippen molar-refractivity contribution in [3.05, 3.63) is 83.8 Å². The number of carbonyl (C=O) groups is 1. The second-order valence-corrected chi connectivity index (χ2v) is 14.8. The van der Waals surface area contributed by atoms with Crippen LogP contribution in [0.15, 0.2) is 72.1 Å². The van der Waals surface area contributed by atoms with Gasteiger partial charge in [-0.3, -0.25) is 4.79 Å². The maximum absolute atomic E-state index is 13.1. The van der Waals surface area contributed by atoms with Gasteiger partial charge in [0, 0.05) is 49.3 Å². The molecule has 0 saturated heterocycles. The highest BCUT2D eigenvalue weighted by Crippen LogP contribution is 2.22. The number of hydrogen-bond acceptors (Lipinski definition) is 5. The van der Waals surface area contributed by atoms with Gasteiger partial charge in [-0.05, 0) is 42.4 Å². The van der Waals surface area contributed by atoms with E-state index in [1.54, 1.807) is 39.8 Å². The number of anilines is 1. The number of nitrogen functional groups attached to an aromatic ring is 1. The summed E-state index contributed by atoms with van der Waals surface area (Å²) >= 11 is 0. The molecule has 170 valence electrons. The van der Waals surface area contributed by atoms with E-state index in [0.29, 0.717) is 30.2 Å². The van der Waals surface area contributed by atoms with Crippen molar-refractivity contribution in [3.63, 3.8) is 0 Å². The van der Waals surface area contributed by atoms with Gasteiger partial charge in [0.2, 0.25) is 0 Å². The van der Waals surface area contributed by atoms with E-state index in [2.05, 4.69) is 24.7 Å². The standard InChI is InChI=1S/C25H29N5O2Si/c1-33(2,3)14-13-32-18-30-24-16-20(25(31)19-7-6-8-21(26)15-19)9-10-22(24)23(28-30)17-27-29-11-4-5-12-29/h4-12,15-17H,13-14,18,26H2,1-3H3. The average molecular weight is 460 g/mol. The lowest BCUT2D eigenvalue weighted by Crippen LogP contribution is -2.22. The number of rotatable bonds is 9. The third-order valence-electron chi connectivity index (χ3n) is 5.30. The summed E-state index contributed by atoms with van der Waals surface area (Å²) in [7, 11) is -1.19. The molecule has 0 fully saturated rings. The van der Waals surface area contributed by atoms with E-state index < -0.39 is 8.07 Å². The van der Waals surface area contributed by atoms with Gasteiger partial charge in [-0.25, -0.2) is 9.36 Å². The molecular formula is C25H29N5O2Si. The smallest absolute Gasteiger partial charge is 0.193 e. The number of carbonyl (C=O) groups excluding carboxylic acids is 1. The van der Waals surface area contributed by atoms with E-state index in [1.807, 2.05) is 42.7 Å². The molecule has 0 aliphatic heterocycles. The Kier molecular flexibility index (Phi) is 6.57. The fourth-order valence-electron chi connectivity index (χ4n) is 3.43. The summed E-state index contributed by atoms with van der Waals surface area (Å²) in [4.78, 5) is 13.1. The molecule has 2 heterocycles. The number of nitrogens with zero attached hydrogens (tertiary/aromatic N) is 4. The van der Waals surface area contributed by atoms with Gasteiger partial charge < -0.3 is 10.5 Å². The number of benzene rings is 2. The van der Waals surface area contributed by atoms with Crippen LogP contribution in [0.4, 0.5) is 5.69 Å². The van der Waals surface area contributed by atoms with Gasteiger partial charge in [0.25, 0.3) is 0 Å². The Hall–Kier alpha value is -3.49. The Balaban J connectivity index is 1.66. The summed E-state index contributed by atoms with van der Waals surface area (Å²) in [5, 5.41) is 10.1. The molecule has 2 N–H and O–H groups in total. The number of fused-ring (bicyclic) bond motifs is 1. The van der Waals surface area contributed by atoms with Crippen LogP contribution < -0.4 is 5.73 Å². The minimum atomic E-state index is -1.19. The van der Waals surface area contributed by atoms with Crippen LogP contribution in [0.2, 0.25) is 25.7 Å². The van der Waals surface area contributed by atoms with E-state index in [4.69, 9.17) is 15.6 Å². The summed E-state index contributed by atoms with van der Waals surface area (Å²) < 4.78 is 9.47. The maximum atomic E-state index is 13.1. The normalized spacial score (nSPS) is 12.1. The lowest BCUT2D eigenvalue weighted by atomic mass is 10.0. The van der Waals surface area contributed by atoms with Crippen molar-refractivity contribution in [1.82, 2.24) is 14.5 Å². The topological polar surface area (TPSA) is 87.4 Å². The lowest BCUT2D eigenvalue weighted by molar-refractivity contribution is 0.0816. The van der Waals surface area contributed by atoms with E-state index in [1.165, 1.54) is 0 Å². The number of hydrogen-bond donors (Lipinski definition) is 1. The van der Waals surface area contributed by atoms with Crippen molar-refractivity contribution in [2.24, 2.45) is 5.10 Å². The van der Waals surface area contributed by atoms with Gasteiger partial charge in [-0.15, -0.1) is 0 Å². The Morgan fingerprint density at radius 3 is 2.58 bits per heavy atom. The molecule has 0 amide bonds. The summed E-state index contributed by atoms with van der Waals surface area (Å²) in [5.74, 6) is -0.0841. The Labute approximate surface area is 194 Å². The van der Waals surface area contributed by atoms with Gasteiger partial charge in [0.1, 0.15) is 12.4 Å². The third kappa shape index (κ3) is 5.66. The summed E-state index contributed by atoms with van der Waals surface area (Å²) in [6, 6.07) is 17.5. The predicted molar refractivity (Wildman–Crippen MR) is 136 cm³/mol. The quantitative estimate of drug-likeness (QED) is 0.127. The van der Waals surface area contributed by atoms with Gasteiger partial charge >= 0.3 is 0 Å². The number of ketones is 1. The van der Waals surface area contributed by atoms with Crippen molar-refractivity contribution in [2.75, 3.05) is 12.3 Å². The van der Waals surface area contributed by atoms with Crippen molar-refractivity contribution in [1.29, 1.82) is 0 Å². The second kappa shape index (κ2) is 9.56. The highest BCUT2D eigenvalue weighted by molar-refractivity contribution is 6.76. The molecule has 33 heavy (non-hydrogen) atoms. The van der Waals surface area contributed by atoms with Crippen molar-refractivity contribution in [2.45, 2.75) is 32.4 Å². The monoisotopic (exact) mass is 459 g/mol. The largest absolute Gasteiger partial charge is 0.399 e. The van der Waals surface area contributed by atoms with Crippen LogP contribution in [0.5, 0.6) is 0 Å². The molecule has 0 unspecified atom stereocenters. The first-order valence-corrected chi connectivity index (χ1v) is 14.7. The van der Waals surface area contributed by atoms with Crippen LogP contribution in [-0.2, 0) is 11.5 Å². The fraction of sp³-hybridized carbons (Fsp3) is 0.240. The first-order valence-electron chi connectivity index (χ1n) is 11.0. The molecule has 8 heteroatoms. The van der Waals surface area contributed by atoms with Crippen molar-refractivity contribution >= 4 is 36.7 Å². The fourth-order valence-corrected chi connectivity index (χ4v) is 4.19. The Morgan fingerprint density at radius 2 is 1.85 bits per heavy atom. The number of nitrogens with two attached hydrogens (primary N) is 1. The highest BCUT2D eigenvalue weighted by Gasteiger charge is 2.16. The molecule has 4 aromatic rings. The van der Waals surface area contributed by atoms with Crippen molar-refractivity contribution < 1.29 is 9.53 Å². The average Bonchev–Trinajstić information content (AvgIpc) is 3.42. The zero-order chi connectivity index (χ0) is 23.4. The van der Waals surface area contributed by atoms with E-state index >= 15 is 0 Å². The molecule has 0 radical (unpaired) electrons. The van der Waals surface area contributed by atoms with Crippen LogP contribution >= 0.6 is 0 Å². The second-order valence-electron chi connectivity index (χ2n) is 9.23. The van der Waals surface area contributed by atoms with Gasteiger partial charge in [0.05, 0.1) is 11.7 Å².